The van der Waals surface area contributed by atoms with E-state index in [4.69, 9.17) is 4.74 Å². The van der Waals surface area contributed by atoms with Crippen molar-refractivity contribution in [3.05, 3.63) is 47.7 Å². The molecular weight excluding hydrogens is 344 g/mol. The van der Waals surface area contributed by atoms with Crippen LogP contribution in [-0.4, -0.2) is 44.0 Å². The molecule has 1 aromatic heterocycles. The minimum absolute atomic E-state index is 0.231. The quantitative estimate of drug-likeness (QED) is 0.835. The maximum Gasteiger partial charge on any atom is 0.244 e. The molecule has 1 fully saturated rings. The van der Waals surface area contributed by atoms with E-state index >= 15 is 0 Å². The summed E-state index contributed by atoms with van der Waals surface area (Å²) in [5.74, 6) is 0. The van der Waals surface area contributed by atoms with Gasteiger partial charge in [-0.05, 0) is 43.2 Å². The maximum atomic E-state index is 12.6. The van der Waals surface area contributed by atoms with Gasteiger partial charge in [0, 0.05) is 24.2 Å². The molecule has 0 aliphatic carbocycles. The largest absolute Gasteiger partial charge is 0.379 e. The molecule has 1 aromatic carbocycles. The minimum Gasteiger partial charge on any atom is -0.379 e. The Bertz CT molecular complexity index is 814. The molecule has 5 nitrogen and oxygen atoms in total. The van der Waals surface area contributed by atoms with E-state index in [1.54, 1.807) is 23.9 Å². The summed E-state index contributed by atoms with van der Waals surface area (Å²) in [6.07, 6.45) is 1.44. The van der Waals surface area contributed by atoms with Gasteiger partial charge in [-0.25, -0.2) is 13.4 Å². The van der Waals surface area contributed by atoms with Gasteiger partial charge in [0.05, 0.1) is 13.2 Å². The van der Waals surface area contributed by atoms with Gasteiger partial charge in [0.15, 0.2) is 0 Å². The third kappa shape index (κ3) is 3.80. The molecular formula is C17H20N2O3S2. The van der Waals surface area contributed by atoms with Gasteiger partial charge in [-0.1, -0.05) is 23.9 Å². The van der Waals surface area contributed by atoms with Crippen LogP contribution in [0.1, 0.15) is 11.1 Å². The third-order valence-corrected chi connectivity index (χ3v) is 6.87. The van der Waals surface area contributed by atoms with Crippen molar-refractivity contribution in [2.24, 2.45) is 0 Å². The van der Waals surface area contributed by atoms with Crippen molar-refractivity contribution in [3.8, 4) is 0 Å². The average Bonchev–Trinajstić information content (AvgIpc) is 2.59. The Kier molecular flexibility index (Phi) is 5.24. The Morgan fingerprint density at radius 3 is 2.54 bits per heavy atom. The van der Waals surface area contributed by atoms with E-state index in [2.05, 4.69) is 37.0 Å². The summed E-state index contributed by atoms with van der Waals surface area (Å²) in [7, 11) is -3.48. The van der Waals surface area contributed by atoms with Crippen LogP contribution in [0.2, 0.25) is 0 Å². The summed E-state index contributed by atoms with van der Waals surface area (Å²) in [6.45, 7) is 5.76. The summed E-state index contributed by atoms with van der Waals surface area (Å²) in [4.78, 5) is 5.69. The third-order valence-electron chi connectivity index (χ3n) is 3.88. The lowest BCUT2D eigenvalue weighted by molar-refractivity contribution is 0.0730. The molecule has 0 atom stereocenters. The molecule has 1 aliphatic rings. The Morgan fingerprint density at radius 2 is 1.88 bits per heavy atom. The summed E-state index contributed by atoms with van der Waals surface area (Å²) in [5.41, 5.74) is 2.37. The second kappa shape index (κ2) is 7.23. The molecule has 0 N–H and O–H groups in total. The molecule has 24 heavy (non-hydrogen) atoms. The molecule has 0 amide bonds. The number of nitrogens with zero attached hydrogens (tertiary/aromatic N) is 2. The number of sulfonamides is 1. The van der Waals surface area contributed by atoms with Crippen molar-refractivity contribution in [2.45, 2.75) is 28.7 Å². The number of ether oxygens (including phenoxy) is 1. The number of morpholine rings is 1. The zero-order valence-corrected chi connectivity index (χ0v) is 15.4. The lowest BCUT2D eigenvalue weighted by Gasteiger charge is -2.25. The number of aryl methyl sites for hydroxylation is 2. The topological polar surface area (TPSA) is 59.5 Å². The van der Waals surface area contributed by atoms with Crippen LogP contribution in [0.3, 0.4) is 0 Å². The Morgan fingerprint density at radius 1 is 1.12 bits per heavy atom. The zero-order chi connectivity index (χ0) is 17.2. The highest BCUT2D eigenvalue weighted by Crippen LogP contribution is 2.30. The zero-order valence-electron chi connectivity index (χ0n) is 13.7. The van der Waals surface area contributed by atoms with E-state index in [9.17, 15) is 8.42 Å². The predicted octanol–water partition coefficient (Wildman–Crippen LogP) is 2.87. The number of aromatic nitrogens is 1. The smallest absolute Gasteiger partial charge is 0.244 e. The van der Waals surface area contributed by atoms with Gasteiger partial charge >= 0.3 is 0 Å². The van der Waals surface area contributed by atoms with Gasteiger partial charge in [0.1, 0.15) is 9.92 Å². The molecule has 128 valence electrons. The predicted molar refractivity (Wildman–Crippen MR) is 93.9 cm³/mol. The highest BCUT2D eigenvalue weighted by atomic mass is 32.2. The fourth-order valence-corrected chi connectivity index (χ4v) is 4.74. The first kappa shape index (κ1) is 17.4. The van der Waals surface area contributed by atoms with Gasteiger partial charge in [0.2, 0.25) is 10.0 Å². The van der Waals surface area contributed by atoms with E-state index in [0.717, 1.165) is 9.92 Å². The highest BCUT2D eigenvalue weighted by molar-refractivity contribution is 7.99. The molecule has 0 radical (unpaired) electrons. The lowest BCUT2D eigenvalue weighted by Crippen LogP contribution is -2.40. The van der Waals surface area contributed by atoms with E-state index in [1.165, 1.54) is 21.6 Å². The van der Waals surface area contributed by atoms with Gasteiger partial charge < -0.3 is 4.74 Å². The van der Waals surface area contributed by atoms with Gasteiger partial charge in [-0.2, -0.15) is 4.31 Å². The first-order chi connectivity index (χ1) is 11.5. The fraction of sp³-hybridized carbons (Fsp3) is 0.353. The van der Waals surface area contributed by atoms with E-state index in [1.807, 2.05) is 0 Å². The van der Waals surface area contributed by atoms with Crippen molar-refractivity contribution < 1.29 is 13.2 Å². The Hall–Kier alpha value is -1.41. The summed E-state index contributed by atoms with van der Waals surface area (Å²) in [6, 6.07) is 9.66. The maximum absolute atomic E-state index is 12.6. The Balaban J connectivity index is 1.79. The van der Waals surface area contributed by atoms with Crippen LogP contribution < -0.4 is 0 Å². The highest BCUT2D eigenvalue weighted by Gasteiger charge is 2.26. The van der Waals surface area contributed by atoms with Crippen molar-refractivity contribution in [1.82, 2.24) is 9.29 Å². The first-order valence-electron chi connectivity index (χ1n) is 7.76. The molecule has 1 aliphatic heterocycles. The van der Waals surface area contributed by atoms with Crippen LogP contribution >= 0.6 is 11.8 Å². The summed E-state index contributed by atoms with van der Waals surface area (Å²) >= 11 is 1.54. The lowest BCUT2D eigenvalue weighted by atomic mass is 10.2. The molecule has 3 rings (SSSR count). The van der Waals surface area contributed by atoms with Crippen molar-refractivity contribution in [2.75, 3.05) is 26.3 Å². The fourth-order valence-electron chi connectivity index (χ4n) is 2.45. The minimum atomic E-state index is -3.48. The van der Waals surface area contributed by atoms with Crippen LogP contribution in [0, 0.1) is 13.8 Å². The molecule has 0 spiro atoms. The van der Waals surface area contributed by atoms with Crippen LogP contribution in [0.15, 0.2) is 51.3 Å². The molecule has 0 bridgehead atoms. The van der Waals surface area contributed by atoms with Gasteiger partial charge in [-0.3, -0.25) is 0 Å². The van der Waals surface area contributed by atoms with Gasteiger partial charge in [-0.15, -0.1) is 0 Å². The van der Waals surface area contributed by atoms with Crippen LogP contribution in [0.25, 0.3) is 0 Å². The van der Waals surface area contributed by atoms with Crippen LogP contribution in [0.5, 0.6) is 0 Å². The molecule has 2 aromatic rings. The van der Waals surface area contributed by atoms with Crippen molar-refractivity contribution in [1.29, 1.82) is 0 Å². The van der Waals surface area contributed by atoms with E-state index in [0.29, 0.717) is 26.3 Å². The van der Waals surface area contributed by atoms with E-state index < -0.39 is 10.0 Å². The number of hydrogen-bond donors (Lipinski definition) is 0. The van der Waals surface area contributed by atoms with Crippen LogP contribution in [-0.2, 0) is 14.8 Å². The summed E-state index contributed by atoms with van der Waals surface area (Å²) in [5, 5.41) is 0.782. The number of pyridine rings is 1. The number of hydrogen-bond acceptors (Lipinski definition) is 5. The molecule has 1 saturated heterocycles. The number of rotatable bonds is 4. The SMILES string of the molecule is Cc1ccc(C)c(Sc2ccc(S(=O)(=O)N3CCOCC3)cn2)c1. The molecule has 0 unspecified atom stereocenters. The van der Waals surface area contributed by atoms with Crippen LogP contribution in [0.4, 0.5) is 0 Å². The van der Waals surface area contributed by atoms with Crippen molar-refractivity contribution in [3.63, 3.8) is 0 Å². The Labute approximate surface area is 147 Å². The van der Waals surface area contributed by atoms with Crippen molar-refractivity contribution >= 4 is 21.8 Å². The second-order valence-corrected chi connectivity index (χ2v) is 8.72. The molecule has 7 heteroatoms. The summed E-state index contributed by atoms with van der Waals surface area (Å²) < 4.78 is 31.8. The average molecular weight is 364 g/mol. The number of benzene rings is 1. The van der Waals surface area contributed by atoms with E-state index in [-0.39, 0.29) is 4.90 Å². The monoisotopic (exact) mass is 364 g/mol. The standard InChI is InChI=1S/C17H20N2O3S2/c1-13-3-4-14(2)16(11-13)23-17-6-5-15(12-18-17)24(20,21)19-7-9-22-10-8-19/h3-6,11-12H,7-10H2,1-2H3. The normalized spacial score (nSPS) is 16.2. The molecule has 0 saturated carbocycles. The van der Waals surface area contributed by atoms with Gasteiger partial charge in [0.25, 0.3) is 0 Å². The molecule has 2 heterocycles. The second-order valence-electron chi connectivity index (χ2n) is 5.72. The first-order valence-corrected chi connectivity index (χ1v) is 10.0.